The summed E-state index contributed by atoms with van der Waals surface area (Å²) in [4.78, 5) is 4.72. The van der Waals surface area contributed by atoms with Crippen LogP contribution in [0.4, 0.5) is 5.69 Å². The quantitative estimate of drug-likeness (QED) is 0.904. The van der Waals surface area contributed by atoms with Gasteiger partial charge in [-0.2, -0.15) is 0 Å². The predicted octanol–water partition coefficient (Wildman–Crippen LogP) is 2.48. The lowest BCUT2D eigenvalue weighted by molar-refractivity contribution is 0.200. The summed E-state index contributed by atoms with van der Waals surface area (Å²) in [6.07, 6.45) is 1.23. The average Bonchev–Trinajstić information content (AvgIpc) is 2.79. The van der Waals surface area contributed by atoms with Crippen LogP contribution in [0.5, 0.6) is 0 Å². The minimum absolute atomic E-state index is 0.475. The topological polar surface area (TPSA) is 32.5 Å². The predicted molar refractivity (Wildman–Crippen MR) is 82.5 cm³/mol. The maximum absolute atomic E-state index is 5.82. The van der Waals surface area contributed by atoms with Crippen LogP contribution in [0.25, 0.3) is 0 Å². The molecule has 3 heteroatoms. The summed E-state index contributed by atoms with van der Waals surface area (Å²) in [7, 11) is 4.15. The Morgan fingerprint density at radius 2 is 1.95 bits per heavy atom. The zero-order chi connectivity index (χ0) is 14.0. The Morgan fingerprint density at radius 3 is 2.42 bits per heavy atom. The van der Waals surface area contributed by atoms with Crippen molar-refractivity contribution in [1.82, 2.24) is 4.90 Å². The van der Waals surface area contributed by atoms with Crippen molar-refractivity contribution in [3.63, 3.8) is 0 Å². The molecule has 0 spiro atoms. The molecule has 0 amide bonds. The smallest absolute Gasteiger partial charge is 0.0361 e. The molecule has 1 heterocycles. The Morgan fingerprint density at radius 1 is 1.32 bits per heavy atom. The first-order valence-electron chi connectivity index (χ1n) is 7.26. The van der Waals surface area contributed by atoms with E-state index in [0.29, 0.717) is 18.0 Å². The minimum Gasteiger partial charge on any atom is -0.378 e. The molecule has 1 aliphatic heterocycles. The third-order valence-electron chi connectivity index (χ3n) is 4.43. The first-order valence-corrected chi connectivity index (χ1v) is 7.26. The van der Waals surface area contributed by atoms with Crippen molar-refractivity contribution in [1.29, 1.82) is 0 Å². The van der Waals surface area contributed by atoms with Crippen molar-refractivity contribution < 1.29 is 0 Å². The Hall–Kier alpha value is -1.06. The molecule has 1 fully saturated rings. The highest BCUT2D eigenvalue weighted by atomic mass is 15.2. The molecular formula is C16H27N3. The zero-order valence-corrected chi connectivity index (χ0v) is 12.6. The van der Waals surface area contributed by atoms with Crippen LogP contribution in [0, 0.1) is 5.92 Å². The van der Waals surface area contributed by atoms with E-state index in [0.717, 1.165) is 13.1 Å². The molecular weight excluding hydrogens is 234 g/mol. The fourth-order valence-corrected chi connectivity index (χ4v) is 3.12. The zero-order valence-electron chi connectivity index (χ0n) is 12.6. The summed E-state index contributed by atoms with van der Waals surface area (Å²) in [6.45, 7) is 6.57. The molecule has 2 rings (SSSR count). The third kappa shape index (κ3) is 3.10. The number of anilines is 1. The van der Waals surface area contributed by atoms with Crippen molar-refractivity contribution in [2.45, 2.75) is 32.4 Å². The van der Waals surface area contributed by atoms with Crippen LogP contribution < -0.4 is 10.6 Å². The van der Waals surface area contributed by atoms with E-state index in [1.54, 1.807) is 0 Å². The maximum atomic E-state index is 5.82. The normalized spacial score (nSPS) is 25.5. The second-order valence-electron chi connectivity index (χ2n) is 6.05. The highest BCUT2D eigenvalue weighted by molar-refractivity contribution is 5.46. The maximum Gasteiger partial charge on any atom is 0.0361 e. The monoisotopic (exact) mass is 261 g/mol. The second-order valence-corrected chi connectivity index (χ2v) is 6.05. The van der Waals surface area contributed by atoms with Crippen molar-refractivity contribution in [3.8, 4) is 0 Å². The lowest BCUT2D eigenvalue weighted by atomic mass is 10.1. The molecule has 0 radical (unpaired) electrons. The Bertz CT molecular complexity index is 399. The van der Waals surface area contributed by atoms with Crippen LogP contribution in [0.15, 0.2) is 24.3 Å². The number of likely N-dealkylation sites (tertiary alicyclic amines) is 1. The molecule has 1 aromatic rings. The van der Waals surface area contributed by atoms with E-state index in [1.165, 1.54) is 17.7 Å². The SMILES string of the molecule is CC1CC(CN)CN1C(C)c1ccc(N(C)C)cc1. The number of nitrogens with two attached hydrogens (primary N) is 1. The minimum atomic E-state index is 0.475. The van der Waals surface area contributed by atoms with Gasteiger partial charge in [0.25, 0.3) is 0 Å². The molecule has 0 aromatic heterocycles. The lowest BCUT2D eigenvalue weighted by Crippen LogP contribution is -2.30. The van der Waals surface area contributed by atoms with E-state index in [9.17, 15) is 0 Å². The molecule has 3 nitrogen and oxygen atoms in total. The Balaban J connectivity index is 2.09. The molecule has 2 N–H and O–H groups in total. The van der Waals surface area contributed by atoms with Gasteiger partial charge in [-0.3, -0.25) is 4.90 Å². The van der Waals surface area contributed by atoms with Gasteiger partial charge in [0.1, 0.15) is 0 Å². The number of nitrogens with zero attached hydrogens (tertiary/aromatic N) is 2. The summed E-state index contributed by atoms with van der Waals surface area (Å²) < 4.78 is 0. The van der Waals surface area contributed by atoms with E-state index >= 15 is 0 Å². The molecule has 1 aromatic carbocycles. The van der Waals surface area contributed by atoms with Crippen molar-refractivity contribution in [2.24, 2.45) is 11.7 Å². The van der Waals surface area contributed by atoms with E-state index < -0.39 is 0 Å². The van der Waals surface area contributed by atoms with Crippen LogP contribution in [0.3, 0.4) is 0 Å². The van der Waals surface area contributed by atoms with Gasteiger partial charge in [0.15, 0.2) is 0 Å². The largest absolute Gasteiger partial charge is 0.378 e. The molecule has 1 saturated heterocycles. The second kappa shape index (κ2) is 5.93. The Labute approximate surface area is 117 Å². The molecule has 106 valence electrons. The summed E-state index contributed by atoms with van der Waals surface area (Å²) in [6, 6.07) is 10.0. The lowest BCUT2D eigenvalue weighted by Gasteiger charge is -2.29. The molecule has 0 bridgehead atoms. The van der Waals surface area contributed by atoms with Gasteiger partial charge in [0, 0.05) is 38.4 Å². The first-order chi connectivity index (χ1) is 9.02. The number of benzene rings is 1. The molecule has 1 aliphatic rings. The standard InChI is InChI=1S/C16H27N3/c1-12-9-14(10-17)11-19(12)13(2)15-5-7-16(8-6-15)18(3)4/h5-8,12-14H,9-11,17H2,1-4H3. The molecule has 0 aliphatic carbocycles. The van der Waals surface area contributed by atoms with Gasteiger partial charge >= 0.3 is 0 Å². The number of hydrogen-bond acceptors (Lipinski definition) is 3. The van der Waals surface area contributed by atoms with Gasteiger partial charge in [-0.15, -0.1) is 0 Å². The molecule has 0 saturated carbocycles. The average molecular weight is 261 g/mol. The van der Waals surface area contributed by atoms with E-state index in [4.69, 9.17) is 5.73 Å². The van der Waals surface area contributed by atoms with Gasteiger partial charge in [-0.05, 0) is 50.4 Å². The number of rotatable bonds is 4. The Kier molecular flexibility index (Phi) is 4.48. The fraction of sp³-hybridized carbons (Fsp3) is 0.625. The third-order valence-corrected chi connectivity index (χ3v) is 4.43. The van der Waals surface area contributed by atoms with Gasteiger partial charge < -0.3 is 10.6 Å². The van der Waals surface area contributed by atoms with Gasteiger partial charge in [-0.1, -0.05) is 12.1 Å². The highest BCUT2D eigenvalue weighted by Gasteiger charge is 2.31. The summed E-state index contributed by atoms with van der Waals surface area (Å²) in [5, 5.41) is 0. The molecule has 19 heavy (non-hydrogen) atoms. The van der Waals surface area contributed by atoms with Crippen LogP contribution >= 0.6 is 0 Å². The van der Waals surface area contributed by atoms with E-state index in [-0.39, 0.29) is 0 Å². The molecule has 3 atom stereocenters. The van der Waals surface area contributed by atoms with Crippen LogP contribution in [0.2, 0.25) is 0 Å². The molecule has 3 unspecified atom stereocenters. The van der Waals surface area contributed by atoms with Crippen LogP contribution in [0.1, 0.15) is 31.9 Å². The fourth-order valence-electron chi connectivity index (χ4n) is 3.12. The summed E-state index contributed by atoms with van der Waals surface area (Å²) in [5.41, 5.74) is 8.47. The van der Waals surface area contributed by atoms with Gasteiger partial charge in [0.05, 0.1) is 0 Å². The van der Waals surface area contributed by atoms with Crippen molar-refractivity contribution in [3.05, 3.63) is 29.8 Å². The summed E-state index contributed by atoms with van der Waals surface area (Å²) >= 11 is 0. The summed E-state index contributed by atoms with van der Waals surface area (Å²) in [5.74, 6) is 0.665. The van der Waals surface area contributed by atoms with Crippen LogP contribution in [-0.4, -0.2) is 38.1 Å². The van der Waals surface area contributed by atoms with Crippen molar-refractivity contribution >= 4 is 5.69 Å². The van der Waals surface area contributed by atoms with Crippen molar-refractivity contribution in [2.75, 3.05) is 32.1 Å². The first kappa shape index (κ1) is 14.4. The number of hydrogen-bond donors (Lipinski definition) is 1. The van der Waals surface area contributed by atoms with E-state index in [1.807, 2.05) is 0 Å². The van der Waals surface area contributed by atoms with Crippen LogP contribution in [-0.2, 0) is 0 Å². The van der Waals surface area contributed by atoms with E-state index in [2.05, 4.69) is 62.0 Å². The van der Waals surface area contributed by atoms with Gasteiger partial charge in [-0.25, -0.2) is 0 Å². The van der Waals surface area contributed by atoms with Gasteiger partial charge in [0.2, 0.25) is 0 Å². The highest BCUT2D eigenvalue weighted by Crippen LogP contribution is 2.32.